The molecule has 1 aromatic heterocycles. The van der Waals surface area contributed by atoms with Gasteiger partial charge in [-0.3, -0.25) is 4.79 Å². The first-order valence-corrected chi connectivity index (χ1v) is 3.37. The molecule has 0 amide bonds. The highest BCUT2D eigenvalue weighted by Crippen LogP contribution is 2.17. The Kier molecular flexibility index (Phi) is 1.28. The molecule has 1 aliphatic heterocycles. The SMILES string of the molecule is O=C1C=Nc2ncccc2C1. The van der Waals surface area contributed by atoms with Crippen molar-refractivity contribution in [1.82, 2.24) is 4.98 Å². The molecule has 1 aliphatic rings. The summed E-state index contributed by atoms with van der Waals surface area (Å²) in [6, 6.07) is 3.68. The molecular formula is C8H6N2O. The quantitative estimate of drug-likeness (QED) is 0.546. The minimum Gasteiger partial charge on any atom is -0.293 e. The number of hydrogen-bond donors (Lipinski definition) is 0. The van der Waals surface area contributed by atoms with E-state index in [9.17, 15) is 4.79 Å². The van der Waals surface area contributed by atoms with E-state index in [1.54, 1.807) is 6.20 Å². The fraction of sp³-hybridized carbons (Fsp3) is 0.125. The van der Waals surface area contributed by atoms with Gasteiger partial charge >= 0.3 is 0 Å². The molecule has 2 heterocycles. The fourth-order valence-electron chi connectivity index (χ4n) is 1.05. The molecular weight excluding hydrogens is 140 g/mol. The van der Waals surface area contributed by atoms with Crippen molar-refractivity contribution in [3.63, 3.8) is 0 Å². The second-order valence-electron chi connectivity index (χ2n) is 2.39. The first-order chi connectivity index (χ1) is 5.36. The summed E-state index contributed by atoms with van der Waals surface area (Å²) in [6.45, 7) is 0. The number of Topliss-reactive ketones (excluding diaryl/α,β-unsaturated/α-hetero) is 1. The zero-order valence-electron chi connectivity index (χ0n) is 5.82. The third kappa shape index (κ3) is 1.05. The minimum atomic E-state index is 0.0468. The third-order valence-electron chi connectivity index (χ3n) is 1.56. The standard InChI is InChI=1S/C8H6N2O/c11-7-4-6-2-1-3-9-8(6)10-5-7/h1-3,5H,4H2. The molecule has 11 heavy (non-hydrogen) atoms. The van der Waals surface area contributed by atoms with Crippen molar-refractivity contribution in [2.24, 2.45) is 4.99 Å². The summed E-state index contributed by atoms with van der Waals surface area (Å²) >= 11 is 0. The van der Waals surface area contributed by atoms with E-state index in [2.05, 4.69) is 9.98 Å². The molecule has 0 fully saturated rings. The number of aliphatic imine (C=N–C) groups is 1. The molecule has 0 N–H and O–H groups in total. The number of rotatable bonds is 0. The van der Waals surface area contributed by atoms with Gasteiger partial charge in [-0.05, 0) is 6.07 Å². The summed E-state index contributed by atoms with van der Waals surface area (Å²) in [5.41, 5.74) is 0.917. The Balaban J connectivity index is 2.54. The van der Waals surface area contributed by atoms with E-state index in [1.165, 1.54) is 6.21 Å². The van der Waals surface area contributed by atoms with Gasteiger partial charge in [0.25, 0.3) is 0 Å². The van der Waals surface area contributed by atoms with Crippen LogP contribution in [0.3, 0.4) is 0 Å². The number of fused-ring (bicyclic) bond motifs is 1. The summed E-state index contributed by atoms with van der Waals surface area (Å²) in [4.78, 5) is 18.7. The molecule has 3 heteroatoms. The second-order valence-corrected chi connectivity index (χ2v) is 2.39. The van der Waals surface area contributed by atoms with E-state index in [-0.39, 0.29) is 5.78 Å². The molecule has 0 saturated heterocycles. The van der Waals surface area contributed by atoms with Gasteiger partial charge in [0.1, 0.15) is 0 Å². The van der Waals surface area contributed by atoms with Crippen LogP contribution in [0.2, 0.25) is 0 Å². The Morgan fingerprint density at radius 2 is 2.36 bits per heavy atom. The van der Waals surface area contributed by atoms with Crippen LogP contribution in [0.25, 0.3) is 0 Å². The van der Waals surface area contributed by atoms with E-state index in [1.807, 2.05) is 12.1 Å². The summed E-state index contributed by atoms with van der Waals surface area (Å²) in [6.07, 6.45) is 3.44. The number of hydrogen-bond acceptors (Lipinski definition) is 3. The molecule has 0 aromatic carbocycles. The van der Waals surface area contributed by atoms with Crippen molar-refractivity contribution in [1.29, 1.82) is 0 Å². The predicted molar refractivity (Wildman–Crippen MR) is 41.1 cm³/mol. The average Bonchev–Trinajstić information content (AvgIpc) is 2.04. The number of ketones is 1. The lowest BCUT2D eigenvalue weighted by molar-refractivity contribution is -0.112. The van der Waals surface area contributed by atoms with Gasteiger partial charge in [-0.2, -0.15) is 0 Å². The van der Waals surface area contributed by atoms with Gasteiger partial charge in [0.15, 0.2) is 11.6 Å². The largest absolute Gasteiger partial charge is 0.293 e. The van der Waals surface area contributed by atoms with E-state index < -0.39 is 0 Å². The maximum atomic E-state index is 10.8. The van der Waals surface area contributed by atoms with Gasteiger partial charge in [0.2, 0.25) is 0 Å². The fourth-order valence-corrected chi connectivity index (χ4v) is 1.05. The van der Waals surface area contributed by atoms with Crippen LogP contribution in [0, 0.1) is 0 Å². The molecule has 0 saturated carbocycles. The number of carbonyl (C=O) groups excluding carboxylic acids is 1. The predicted octanol–water partition coefficient (Wildman–Crippen LogP) is 0.909. The highest BCUT2D eigenvalue weighted by atomic mass is 16.1. The van der Waals surface area contributed by atoms with Crippen LogP contribution in [-0.4, -0.2) is 17.0 Å². The van der Waals surface area contributed by atoms with Gasteiger partial charge in [0, 0.05) is 18.2 Å². The number of carbonyl (C=O) groups is 1. The molecule has 0 aliphatic carbocycles. The van der Waals surface area contributed by atoms with Gasteiger partial charge in [-0.25, -0.2) is 9.98 Å². The van der Waals surface area contributed by atoms with E-state index >= 15 is 0 Å². The van der Waals surface area contributed by atoms with E-state index in [0.29, 0.717) is 12.2 Å². The van der Waals surface area contributed by atoms with Crippen molar-refractivity contribution in [3.05, 3.63) is 23.9 Å². The maximum absolute atomic E-state index is 10.8. The number of nitrogens with zero attached hydrogens (tertiary/aromatic N) is 2. The molecule has 0 spiro atoms. The van der Waals surface area contributed by atoms with E-state index in [0.717, 1.165) is 5.56 Å². The van der Waals surface area contributed by atoms with Gasteiger partial charge < -0.3 is 0 Å². The van der Waals surface area contributed by atoms with Crippen LogP contribution in [0.15, 0.2) is 23.3 Å². The lowest BCUT2D eigenvalue weighted by Crippen LogP contribution is -2.08. The highest BCUT2D eigenvalue weighted by molar-refractivity contribution is 6.29. The smallest absolute Gasteiger partial charge is 0.178 e. The number of pyridine rings is 1. The highest BCUT2D eigenvalue weighted by Gasteiger charge is 2.10. The van der Waals surface area contributed by atoms with Crippen molar-refractivity contribution in [3.8, 4) is 0 Å². The summed E-state index contributed by atoms with van der Waals surface area (Å²) < 4.78 is 0. The van der Waals surface area contributed by atoms with Crippen molar-refractivity contribution >= 4 is 17.8 Å². The third-order valence-corrected chi connectivity index (χ3v) is 1.56. The first-order valence-electron chi connectivity index (χ1n) is 3.37. The summed E-state index contributed by atoms with van der Waals surface area (Å²) in [5.74, 6) is 0.720. The number of aromatic nitrogens is 1. The lowest BCUT2D eigenvalue weighted by Gasteiger charge is -2.05. The molecule has 0 atom stereocenters. The molecule has 2 rings (SSSR count). The molecule has 0 bridgehead atoms. The second kappa shape index (κ2) is 2.27. The zero-order chi connectivity index (χ0) is 7.68. The van der Waals surface area contributed by atoms with Crippen LogP contribution in [-0.2, 0) is 11.2 Å². The van der Waals surface area contributed by atoms with Crippen molar-refractivity contribution in [2.75, 3.05) is 0 Å². The van der Waals surface area contributed by atoms with Crippen molar-refractivity contribution < 1.29 is 4.79 Å². The maximum Gasteiger partial charge on any atom is 0.178 e. The van der Waals surface area contributed by atoms with Crippen LogP contribution < -0.4 is 0 Å². The Morgan fingerprint density at radius 3 is 3.27 bits per heavy atom. The minimum absolute atomic E-state index is 0.0468. The van der Waals surface area contributed by atoms with Crippen molar-refractivity contribution in [2.45, 2.75) is 6.42 Å². The summed E-state index contributed by atoms with van der Waals surface area (Å²) in [7, 11) is 0. The van der Waals surface area contributed by atoms with Crippen LogP contribution in [0.1, 0.15) is 5.56 Å². The molecule has 54 valence electrons. The van der Waals surface area contributed by atoms with Gasteiger partial charge in [-0.15, -0.1) is 0 Å². The normalized spacial score (nSPS) is 14.7. The van der Waals surface area contributed by atoms with Gasteiger partial charge in [-0.1, -0.05) is 6.07 Å². The summed E-state index contributed by atoms with van der Waals surface area (Å²) in [5, 5.41) is 0. The Labute approximate surface area is 63.8 Å². The van der Waals surface area contributed by atoms with E-state index in [4.69, 9.17) is 0 Å². The topological polar surface area (TPSA) is 42.3 Å². The van der Waals surface area contributed by atoms with Crippen LogP contribution in [0.5, 0.6) is 0 Å². The van der Waals surface area contributed by atoms with Crippen LogP contribution >= 0.6 is 0 Å². The average molecular weight is 146 g/mol. The Hall–Kier alpha value is -1.51. The lowest BCUT2D eigenvalue weighted by atomic mass is 10.1. The molecule has 0 unspecified atom stereocenters. The zero-order valence-corrected chi connectivity index (χ0v) is 5.82. The first kappa shape index (κ1) is 6.22. The van der Waals surface area contributed by atoms with Gasteiger partial charge in [0.05, 0.1) is 6.21 Å². The Bertz CT molecular complexity index is 331. The monoisotopic (exact) mass is 146 g/mol. The Morgan fingerprint density at radius 1 is 1.45 bits per heavy atom. The molecule has 0 radical (unpaired) electrons. The van der Waals surface area contributed by atoms with Crippen LogP contribution in [0.4, 0.5) is 5.82 Å². The molecule has 1 aromatic rings. The molecule has 3 nitrogen and oxygen atoms in total.